The summed E-state index contributed by atoms with van der Waals surface area (Å²) in [5.74, 6) is -0.547. The van der Waals surface area contributed by atoms with Crippen LogP contribution < -0.4 is 4.90 Å². The van der Waals surface area contributed by atoms with Gasteiger partial charge in [-0.3, -0.25) is 9.59 Å². The van der Waals surface area contributed by atoms with Gasteiger partial charge >= 0.3 is 0 Å². The van der Waals surface area contributed by atoms with Crippen molar-refractivity contribution in [1.29, 1.82) is 0 Å². The lowest BCUT2D eigenvalue weighted by Gasteiger charge is -2.34. The van der Waals surface area contributed by atoms with Crippen LogP contribution in [0.15, 0.2) is 42.5 Å². The third-order valence-corrected chi connectivity index (χ3v) is 3.94. The number of hydrogen-bond donors (Lipinski definition) is 0. The molecule has 1 atom stereocenters. The van der Waals surface area contributed by atoms with E-state index in [0.29, 0.717) is 23.2 Å². The zero-order chi connectivity index (χ0) is 15.9. The lowest BCUT2D eigenvalue weighted by molar-refractivity contribution is 0.0936. The third kappa shape index (κ3) is 2.41. The standard InChI is InChI=1S/C18H16FNO2/c1-11-3-8-16-15(9-11)17(21)10-12(2)20(16)18(22)13-4-6-14(19)7-5-13/h3-9,12H,10H2,1-2H3/t12-/m1/s1. The van der Waals surface area contributed by atoms with Crippen LogP contribution in [-0.2, 0) is 0 Å². The van der Waals surface area contributed by atoms with Crippen LogP contribution in [0.1, 0.15) is 39.6 Å². The third-order valence-electron chi connectivity index (χ3n) is 3.94. The molecule has 0 aliphatic carbocycles. The number of nitrogens with zero attached hydrogens (tertiary/aromatic N) is 1. The Labute approximate surface area is 128 Å². The van der Waals surface area contributed by atoms with Crippen molar-refractivity contribution in [1.82, 2.24) is 0 Å². The van der Waals surface area contributed by atoms with Gasteiger partial charge in [-0.15, -0.1) is 0 Å². The minimum absolute atomic E-state index is 0.0503. The summed E-state index contributed by atoms with van der Waals surface area (Å²) in [5.41, 5.74) is 2.60. The molecule has 0 bridgehead atoms. The number of Topliss-reactive ketones (excluding diaryl/α,β-unsaturated/α-hetero) is 1. The molecule has 22 heavy (non-hydrogen) atoms. The van der Waals surface area contributed by atoms with Crippen molar-refractivity contribution in [2.45, 2.75) is 26.3 Å². The lowest BCUT2D eigenvalue weighted by atomic mass is 9.93. The zero-order valence-corrected chi connectivity index (χ0v) is 12.5. The van der Waals surface area contributed by atoms with Gasteiger partial charge in [0.1, 0.15) is 5.82 Å². The quantitative estimate of drug-likeness (QED) is 0.803. The molecule has 0 fully saturated rings. The molecule has 0 saturated heterocycles. The Balaban J connectivity index is 2.06. The van der Waals surface area contributed by atoms with Gasteiger partial charge in [0.05, 0.1) is 5.69 Å². The molecule has 0 spiro atoms. The number of aryl methyl sites for hydroxylation is 1. The van der Waals surface area contributed by atoms with Gasteiger partial charge in [-0.1, -0.05) is 11.6 Å². The Morgan fingerprint density at radius 2 is 1.86 bits per heavy atom. The van der Waals surface area contributed by atoms with Crippen LogP contribution in [-0.4, -0.2) is 17.7 Å². The van der Waals surface area contributed by atoms with Crippen LogP contribution in [0, 0.1) is 12.7 Å². The number of benzene rings is 2. The number of ketones is 1. The second kappa shape index (κ2) is 5.37. The SMILES string of the molecule is Cc1ccc2c(c1)C(=O)C[C@@H](C)N2C(=O)c1ccc(F)cc1. The van der Waals surface area contributed by atoms with Crippen molar-refractivity contribution in [3.8, 4) is 0 Å². The van der Waals surface area contributed by atoms with Crippen LogP contribution in [0.3, 0.4) is 0 Å². The van der Waals surface area contributed by atoms with Gasteiger partial charge in [0.25, 0.3) is 5.91 Å². The molecule has 112 valence electrons. The van der Waals surface area contributed by atoms with Crippen molar-refractivity contribution in [2.24, 2.45) is 0 Å². The highest BCUT2D eigenvalue weighted by atomic mass is 19.1. The number of fused-ring (bicyclic) bond motifs is 1. The molecular formula is C18H16FNO2. The minimum atomic E-state index is -0.380. The van der Waals surface area contributed by atoms with Crippen LogP contribution in [0.2, 0.25) is 0 Å². The Kier molecular flexibility index (Phi) is 3.53. The summed E-state index contributed by atoms with van der Waals surface area (Å²) in [4.78, 5) is 26.6. The molecule has 3 rings (SSSR count). The van der Waals surface area contributed by atoms with Crippen molar-refractivity contribution in [3.05, 3.63) is 65.0 Å². The first kappa shape index (κ1) is 14.4. The van der Waals surface area contributed by atoms with Crippen molar-refractivity contribution in [3.63, 3.8) is 0 Å². The summed E-state index contributed by atoms with van der Waals surface area (Å²) in [6.45, 7) is 3.76. The van der Waals surface area contributed by atoms with E-state index in [-0.39, 0.29) is 23.5 Å². The van der Waals surface area contributed by atoms with Crippen LogP contribution in [0.4, 0.5) is 10.1 Å². The Morgan fingerprint density at radius 3 is 2.55 bits per heavy atom. The summed E-state index contributed by atoms with van der Waals surface area (Å²) >= 11 is 0. The highest BCUT2D eigenvalue weighted by molar-refractivity contribution is 6.14. The molecule has 3 nitrogen and oxygen atoms in total. The number of anilines is 1. The summed E-state index contributed by atoms with van der Waals surface area (Å²) < 4.78 is 13.0. The van der Waals surface area contributed by atoms with Gasteiger partial charge in [0.2, 0.25) is 0 Å². The Morgan fingerprint density at radius 1 is 1.18 bits per heavy atom. The monoisotopic (exact) mass is 297 g/mol. The van der Waals surface area contributed by atoms with Gasteiger partial charge in [-0.25, -0.2) is 4.39 Å². The average Bonchev–Trinajstić information content (AvgIpc) is 2.48. The van der Waals surface area contributed by atoms with Crippen molar-refractivity contribution in [2.75, 3.05) is 4.90 Å². The second-order valence-corrected chi connectivity index (χ2v) is 5.68. The summed E-state index contributed by atoms with van der Waals surface area (Å²) in [6.07, 6.45) is 0.295. The number of carbonyl (C=O) groups excluding carboxylic acids is 2. The topological polar surface area (TPSA) is 37.4 Å². The normalized spacial score (nSPS) is 17.3. The fraction of sp³-hybridized carbons (Fsp3) is 0.222. The predicted molar refractivity (Wildman–Crippen MR) is 82.8 cm³/mol. The van der Waals surface area contributed by atoms with E-state index in [2.05, 4.69) is 0 Å². The van der Waals surface area contributed by atoms with Crippen LogP contribution in [0.5, 0.6) is 0 Å². The minimum Gasteiger partial charge on any atom is -0.304 e. The molecule has 2 aromatic rings. The van der Waals surface area contributed by atoms with Crippen molar-refractivity contribution < 1.29 is 14.0 Å². The first-order valence-corrected chi connectivity index (χ1v) is 7.20. The maximum absolute atomic E-state index is 13.0. The maximum atomic E-state index is 13.0. The largest absolute Gasteiger partial charge is 0.304 e. The molecule has 1 aliphatic rings. The van der Waals surface area contributed by atoms with Gasteiger partial charge in [-0.2, -0.15) is 0 Å². The summed E-state index contributed by atoms with van der Waals surface area (Å²) in [5, 5.41) is 0. The molecule has 0 saturated carbocycles. The zero-order valence-electron chi connectivity index (χ0n) is 12.5. The lowest BCUT2D eigenvalue weighted by Crippen LogP contribution is -2.44. The average molecular weight is 297 g/mol. The van der Waals surface area contributed by atoms with E-state index in [9.17, 15) is 14.0 Å². The van der Waals surface area contributed by atoms with Gasteiger partial charge in [-0.05, 0) is 50.2 Å². The molecule has 1 amide bonds. The number of hydrogen-bond acceptors (Lipinski definition) is 2. The molecule has 0 aromatic heterocycles. The van der Waals surface area contributed by atoms with Gasteiger partial charge in [0, 0.05) is 23.6 Å². The molecule has 1 aliphatic heterocycles. The predicted octanol–water partition coefficient (Wildman–Crippen LogP) is 3.76. The Hall–Kier alpha value is -2.49. The fourth-order valence-corrected chi connectivity index (χ4v) is 2.83. The molecular weight excluding hydrogens is 281 g/mol. The number of amides is 1. The fourth-order valence-electron chi connectivity index (χ4n) is 2.83. The molecule has 0 N–H and O–H groups in total. The molecule has 2 aromatic carbocycles. The van der Waals surface area contributed by atoms with E-state index in [4.69, 9.17) is 0 Å². The first-order chi connectivity index (χ1) is 10.5. The van der Waals surface area contributed by atoms with Gasteiger partial charge in [0.15, 0.2) is 5.78 Å². The van der Waals surface area contributed by atoms with Crippen LogP contribution in [0.25, 0.3) is 0 Å². The number of carbonyl (C=O) groups is 2. The molecule has 1 heterocycles. The van der Waals surface area contributed by atoms with E-state index in [1.165, 1.54) is 24.3 Å². The number of halogens is 1. The smallest absolute Gasteiger partial charge is 0.258 e. The highest BCUT2D eigenvalue weighted by Crippen LogP contribution is 2.32. The van der Waals surface area contributed by atoms with E-state index in [1.54, 1.807) is 11.0 Å². The molecule has 4 heteroatoms. The maximum Gasteiger partial charge on any atom is 0.258 e. The summed E-state index contributed by atoms with van der Waals surface area (Å²) in [7, 11) is 0. The molecule has 0 unspecified atom stereocenters. The van der Waals surface area contributed by atoms with Crippen LogP contribution >= 0.6 is 0 Å². The highest BCUT2D eigenvalue weighted by Gasteiger charge is 2.33. The van der Waals surface area contributed by atoms with E-state index >= 15 is 0 Å². The van der Waals surface area contributed by atoms with E-state index in [0.717, 1.165) is 5.56 Å². The first-order valence-electron chi connectivity index (χ1n) is 7.20. The summed E-state index contributed by atoms with van der Waals surface area (Å²) in [6, 6.07) is 10.7. The number of rotatable bonds is 1. The second-order valence-electron chi connectivity index (χ2n) is 5.68. The van der Waals surface area contributed by atoms with Gasteiger partial charge < -0.3 is 4.90 Å². The Bertz CT molecular complexity index is 752. The molecule has 0 radical (unpaired) electrons. The van der Waals surface area contributed by atoms with Crippen molar-refractivity contribution >= 4 is 17.4 Å². The van der Waals surface area contributed by atoms with E-state index < -0.39 is 0 Å². The van der Waals surface area contributed by atoms with E-state index in [1.807, 2.05) is 26.0 Å².